The molecule has 0 fully saturated rings. The van der Waals surface area contributed by atoms with E-state index >= 15 is 0 Å². The van der Waals surface area contributed by atoms with Crippen LogP contribution in [0.2, 0.25) is 0 Å². The molecule has 23 heavy (non-hydrogen) atoms. The Balaban J connectivity index is 2.17. The van der Waals surface area contributed by atoms with E-state index in [1.54, 1.807) is 0 Å². The van der Waals surface area contributed by atoms with Crippen LogP contribution in [0, 0.1) is 0 Å². The summed E-state index contributed by atoms with van der Waals surface area (Å²) in [4.78, 5) is 30.1. The molecular formula is C17H16N2O3S. The van der Waals surface area contributed by atoms with Gasteiger partial charge in [0.05, 0.1) is 5.39 Å². The molecule has 0 aliphatic carbocycles. The summed E-state index contributed by atoms with van der Waals surface area (Å²) in [5.74, 6) is -0.561. The molecule has 0 unspecified atom stereocenters. The van der Waals surface area contributed by atoms with Gasteiger partial charge in [-0.05, 0) is 18.1 Å². The first kappa shape index (κ1) is 15.4. The zero-order valence-corrected chi connectivity index (χ0v) is 13.5. The molecule has 0 radical (unpaired) electrons. The quantitative estimate of drug-likeness (QED) is 0.781. The molecule has 0 spiro atoms. The number of aromatic nitrogens is 2. The van der Waals surface area contributed by atoms with Crippen LogP contribution in [0.3, 0.4) is 0 Å². The number of hydrogen-bond acceptors (Lipinski definition) is 4. The lowest BCUT2D eigenvalue weighted by molar-refractivity contribution is -0.137. The van der Waals surface area contributed by atoms with Crippen LogP contribution in [0.4, 0.5) is 0 Å². The summed E-state index contributed by atoms with van der Waals surface area (Å²) in [7, 11) is 0. The summed E-state index contributed by atoms with van der Waals surface area (Å²) in [6.07, 6.45) is 1.26. The number of thiophene rings is 1. The minimum atomic E-state index is -1.05. The Bertz CT molecular complexity index is 913. The second kappa shape index (κ2) is 6.34. The second-order valence-electron chi connectivity index (χ2n) is 5.26. The Morgan fingerprint density at radius 1 is 1.30 bits per heavy atom. The van der Waals surface area contributed by atoms with Crippen LogP contribution < -0.4 is 5.56 Å². The highest BCUT2D eigenvalue weighted by atomic mass is 32.1. The van der Waals surface area contributed by atoms with Crippen LogP contribution in [-0.2, 0) is 24.2 Å². The number of carboxylic acid groups (broad SMARTS) is 1. The number of nitrogens with zero attached hydrogens (tertiary/aromatic N) is 2. The maximum Gasteiger partial charge on any atom is 0.323 e. The van der Waals surface area contributed by atoms with Gasteiger partial charge in [-0.3, -0.25) is 14.2 Å². The molecule has 0 amide bonds. The van der Waals surface area contributed by atoms with Gasteiger partial charge in [-0.1, -0.05) is 37.3 Å². The predicted octanol–water partition coefficient (Wildman–Crippen LogP) is 2.70. The van der Waals surface area contributed by atoms with E-state index in [0.717, 1.165) is 16.9 Å². The second-order valence-corrected chi connectivity index (χ2v) is 6.38. The van der Waals surface area contributed by atoms with E-state index in [1.165, 1.54) is 15.9 Å². The van der Waals surface area contributed by atoms with Crippen LogP contribution in [0.25, 0.3) is 10.2 Å². The van der Waals surface area contributed by atoms with Crippen molar-refractivity contribution in [3.63, 3.8) is 0 Å². The molecule has 1 aromatic carbocycles. The third kappa shape index (κ3) is 3.17. The highest BCUT2D eigenvalue weighted by Gasteiger charge is 2.16. The summed E-state index contributed by atoms with van der Waals surface area (Å²) >= 11 is 1.49. The van der Waals surface area contributed by atoms with E-state index in [4.69, 9.17) is 5.11 Å². The van der Waals surface area contributed by atoms with Gasteiger partial charge in [0, 0.05) is 11.3 Å². The lowest BCUT2D eigenvalue weighted by Gasteiger charge is -2.10. The summed E-state index contributed by atoms with van der Waals surface area (Å²) in [5, 5.41) is 9.62. The fourth-order valence-corrected chi connectivity index (χ4v) is 3.47. The molecule has 5 nitrogen and oxygen atoms in total. The van der Waals surface area contributed by atoms with E-state index < -0.39 is 5.97 Å². The Labute approximate surface area is 136 Å². The highest BCUT2D eigenvalue weighted by Crippen LogP contribution is 2.22. The molecule has 2 heterocycles. The zero-order chi connectivity index (χ0) is 16.4. The van der Waals surface area contributed by atoms with Crippen LogP contribution in [0.15, 0.2) is 41.2 Å². The monoisotopic (exact) mass is 328 g/mol. The average Bonchev–Trinajstić information content (AvgIpc) is 2.95. The first-order valence-corrected chi connectivity index (χ1v) is 8.18. The van der Waals surface area contributed by atoms with E-state index in [-0.39, 0.29) is 12.1 Å². The summed E-state index contributed by atoms with van der Waals surface area (Å²) in [5.41, 5.74) is 0.712. The third-order valence-electron chi connectivity index (χ3n) is 3.63. The maximum absolute atomic E-state index is 12.7. The van der Waals surface area contributed by atoms with Crippen LogP contribution in [0.1, 0.15) is 23.2 Å². The molecule has 2 aromatic heterocycles. The summed E-state index contributed by atoms with van der Waals surface area (Å²) < 4.78 is 1.27. The molecule has 0 aliphatic rings. The van der Waals surface area contributed by atoms with Crippen molar-refractivity contribution in [1.82, 2.24) is 9.55 Å². The van der Waals surface area contributed by atoms with Crippen LogP contribution in [0.5, 0.6) is 0 Å². The van der Waals surface area contributed by atoms with Crippen molar-refractivity contribution < 1.29 is 9.90 Å². The van der Waals surface area contributed by atoms with Crippen molar-refractivity contribution in [2.45, 2.75) is 26.3 Å². The zero-order valence-electron chi connectivity index (χ0n) is 12.7. The van der Waals surface area contributed by atoms with Crippen molar-refractivity contribution in [3.05, 3.63) is 63.0 Å². The number of carbonyl (C=O) groups is 1. The van der Waals surface area contributed by atoms with Crippen molar-refractivity contribution in [3.8, 4) is 0 Å². The van der Waals surface area contributed by atoms with Crippen molar-refractivity contribution in [1.29, 1.82) is 0 Å². The molecule has 0 bridgehead atoms. The molecule has 0 atom stereocenters. The Morgan fingerprint density at radius 2 is 2.04 bits per heavy atom. The van der Waals surface area contributed by atoms with Crippen LogP contribution >= 0.6 is 11.3 Å². The van der Waals surface area contributed by atoms with Gasteiger partial charge in [-0.25, -0.2) is 4.98 Å². The number of hydrogen-bond donors (Lipinski definition) is 1. The SMILES string of the molecule is CCc1cc2c(=O)n(CC(=O)O)c(Cc3ccccc3)nc2s1. The maximum atomic E-state index is 12.7. The molecule has 3 aromatic rings. The normalized spacial score (nSPS) is 11.0. The fraction of sp³-hybridized carbons (Fsp3) is 0.235. The first-order valence-electron chi connectivity index (χ1n) is 7.36. The topological polar surface area (TPSA) is 72.2 Å². The van der Waals surface area contributed by atoms with Crippen molar-refractivity contribution in [2.24, 2.45) is 0 Å². The number of benzene rings is 1. The number of fused-ring (bicyclic) bond motifs is 1. The molecule has 1 N–H and O–H groups in total. The van der Waals surface area contributed by atoms with Crippen LogP contribution in [-0.4, -0.2) is 20.6 Å². The van der Waals surface area contributed by atoms with Gasteiger partial charge in [-0.2, -0.15) is 0 Å². The number of carboxylic acids is 1. The van der Waals surface area contributed by atoms with Crippen molar-refractivity contribution in [2.75, 3.05) is 0 Å². The largest absolute Gasteiger partial charge is 0.480 e. The van der Waals surface area contributed by atoms with Gasteiger partial charge >= 0.3 is 5.97 Å². The Kier molecular flexibility index (Phi) is 4.25. The van der Waals surface area contributed by atoms with E-state index in [1.807, 2.05) is 43.3 Å². The number of rotatable bonds is 5. The number of aliphatic carboxylic acids is 1. The van der Waals surface area contributed by atoms with Gasteiger partial charge in [0.2, 0.25) is 0 Å². The molecule has 118 valence electrons. The highest BCUT2D eigenvalue weighted by molar-refractivity contribution is 7.18. The van der Waals surface area contributed by atoms with Gasteiger partial charge < -0.3 is 5.11 Å². The smallest absolute Gasteiger partial charge is 0.323 e. The van der Waals surface area contributed by atoms with Gasteiger partial charge in [0.25, 0.3) is 5.56 Å². The summed E-state index contributed by atoms with van der Waals surface area (Å²) in [6.45, 7) is 1.65. The first-order chi connectivity index (χ1) is 11.1. The number of aryl methyl sites for hydroxylation is 1. The molecule has 0 saturated heterocycles. The molecule has 0 saturated carbocycles. The van der Waals surface area contributed by atoms with Gasteiger partial charge in [0.15, 0.2) is 0 Å². The Morgan fingerprint density at radius 3 is 2.70 bits per heavy atom. The molecular weight excluding hydrogens is 312 g/mol. The Hall–Kier alpha value is -2.47. The van der Waals surface area contributed by atoms with Gasteiger partial charge in [0.1, 0.15) is 17.2 Å². The minimum absolute atomic E-state index is 0.278. The molecule has 6 heteroatoms. The minimum Gasteiger partial charge on any atom is -0.480 e. The van der Waals surface area contributed by atoms with E-state index in [2.05, 4.69) is 4.98 Å². The fourth-order valence-electron chi connectivity index (χ4n) is 2.49. The third-order valence-corrected chi connectivity index (χ3v) is 4.80. The van der Waals surface area contributed by atoms with Crippen molar-refractivity contribution >= 4 is 27.5 Å². The van der Waals surface area contributed by atoms with Gasteiger partial charge in [-0.15, -0.1) is 11.3 Å². The molecule has 3 rings (SSSR count). The lowest BCUT2D eigenvalue weighted by atomic mass is 10.1. The standard InChI is InChI=1S/C17H16N2O3S/c1-2-12-9-13-16(23-12)18-14(8-11-6-4-3-5-7-11)19(17(13)22)10-15(20)21/h3-7,9H,2,8,10H2,1H3,(H,20,21). The summed E-state index contributed by atoms with van der Waals surface area (Å²) in [6, 6.07) is 11.4. The van der Waals surface area contributed by atoms with E-state index in [0.29, 0.717) is 22.5 Å². The molecule has 0 aliphatic heterocycles. The average molecular weight is 328 g/mol. The lowest BCUT2D eigenvalue weighted by Crippen LogP contribution is -2.28. The predicted molar refractivity (Wildman–Crippen MR) is 90.1 cm³/mol. The van der Waals surface area contributed by atoms with E-state index in [9.17, 15) is 9.59 Å².